The van der Waals surface area contributed by atoms with E-state index >= 15 is 0 Å². The van der Waals surface area contributed by atoms with E-state index in [0.29, 0.717) is 11.6 Å². The first-order chi connectivity index (χ1) is 13.0. The number of rotatable bonds is 6. The summed E-state index contributed by atoms with van der Waals surface area (Å²) >= 11 is 5.89. The molecule has 144 valence electrons. The Hall–Kier alpha value is -2.24. The Morgan fingerprint density at radius 1 is 1.07 bits per heavy atom. The molecule has 1 heterocycles. The lowest BCUT2D eigenvalue weighted by atomic mass is 10.0. The number of hydrogen-bond acceptors (Lipinski definition) is 3. The molecule has 1 aliphatic rings. The molecule has 0 saturated carbocycles. The average Bonchev–Trinajstić information content (AvgIpc) is 3.19. The van der Waals surface area contributed by atoms with E-state index in [2.05, 4.69) is 44.7 Å². The predicted octanol–water partition coefficient (Wildman–Crippen LogP) is 4.36. The van der Waals surface area contributed by atoms with Gasteiger partial charge in [0, 0.05) is 37.0 Å². The number of hydrogen-bond donors (Lipinski definition) is 2. The van der Waals surface area contributed by atoms with Crippen molar-refractivity contribution in [3.05, 3.63) is 59.1 Å². The topological polar surface area (TPSA) is 47.6 Å². The molecule has 3 rings (SSSR count). The van der Waals surface area contributed by atoms with Crippen LogP contribution in [0.2, 0.25) is 5.02 Å². The van der Waals surface area contributed by atoms with Crippen LogP contribution in [-0.4, -0.2) is 44.7 Å². The van der Waals surface area contributed by atoms with E-state index in [0.717, 1.165) is 18.8 Å². The van der Waals surface area contributed by atoms with Gasteiger partial charge in [-0.15, -0.1) is 0 Å². The van der Waals surface area contributed by atoms with Crippen molar-refractivity contribution >= 4 is 29.0 Å². The van der Waals surface area contributed by atoms with Gasteiger partial charge in [-0.1, -0.05) is 23.7 Å². The summed E-state index contributed by atoms with van der Waals surface area (Å²) in [5.74, 6) is 0. The number of nitrogens with zero attached hydrogens (tertiary/aromatic N) is 2. The second-order valence-corrected chi connectivity index (χ2v) is 7.52. The maximum absolute atomic E-state index is 12.3. The zero-order valence-electron chi connectivity index (χ0n) is 15.9. The SMILES string of the molecule is CN(C)c1ccc([C@@H](CNC(=O)Nc2ccc(Cl)cc2)N2CCCC2)cc1. The molecule has 1 fully saturated rings. The fraction of sp³-hybridized carbons (Fsp3) is 0.381. The van der Waals surface area contributed by atoms with E-state index in [1.807, 2.05) is 14.1 Å². The number of benzene rings is 2. The number of anilines is 2. The molecule has 5 nitrogen and oxygen atoms in total. The molecule has 1 saturated heterocycles. The first kappa shape index (κ1) is 19.5. The molecule has 0 bridgehead atoms. The molecule has 1 aliphatic heterocycles. The third kappa shape index (κ3) is 5.37. The van der Waals surface area contributed by atoms with Crippen molar-refractivity contribution in [2.24, 2.45) is 0 Å². The van der Waals surface area contributed by atoms with Crippen LogP contribution in [0.1, 0.15) is 24.4 Å². The number of halogens is 1. The van der Waals surface area contributed by atoms with Gasteiger partial charge >= 0.3 is 6.03 Å². The van der Waals surface area contributed by atoms with Gasteiger partial charge in [0.25, 0.3) is 0 Å². The van der Waals surface area contributed by atoms with Gasteiger partial charge in [-0.3, -0.25) is 4.90 Å². The standard InChI is InChI=1S/C21H27ClN4O/c1-25(2)19-11-5-16(6-12-19)20(26-13-3-4-14-26)15-23-21(27)24-18-9-7-17(22)8-10-18/h5-12,20H,3-4,13-15H2,1-2H3,(H2,23,24,27)/t20-/m1/s1. The molecule has 6 heteroatoms. The third-order valence-electron chi connectivity index (χ3n) is 4.93. The van der Waals surface area contributed by atoms with Gasteiger partial charge in [-0.25, -0.2) is 4.79 Å². The van der Waals surface area contributed by atoms with Crippen LogP contribution >= 0.6 is 11.6 Å². The molecule has 1 atom stereocenters. The summed E-state index contributed by atoms with van der Waals surface area (Å²) in [6, 6.07) is 15.7. The highest BCUT2D eigenvalue weighted by atomic mass is 35.5. The minimum Gasteiger partial charge on any atom is -0.378 e. The molecular formula is C21H27ClN4O. The van der Waals surface area contributed by atoms with Crippen LogP contribution in [0.15, 0.2) is 48.5 Å². The zero-order chi connectivity index (χ0) is 19.2. The van der Waals surface area contributed by atoms with Gasteiger partial charge < -0.3 is 15.5 Å². The van der Waals surface area contributed by atoms with Gasteiger partial charge in [-0.2, -0.15) is 0 Å². The molecule has 0 spiro atoms. The smallest absolute Gasteiger partial charge is 0.319 e. The lowest BCUT2D eigenvalue weighted by Gasteiger charge is -2.28. The largest absolute Gasteiger partial charge is 0.378 e. The summed E-state index contributed by atoms with van der Waals surface area (Å²) in [7, 11) is 4.07. The van der Waals surface area contributed by atoms with Gasteiger partial charge in [0.15, 0.2) is 0 Å². The highest BCUT2D eigenvalue weighted by Crippen LogP contribution is 2.26. The Morgan fingerprint density at radius 2 is 1.70 bits per heavy atom. The molecule has 0 unspecified atom stereocenters. The molecule has 0 radical (unpaired) electrons. The van der Waals surface area contributed by atoms with Gasteiger partial charge in [-0.05, 0) is 67.9 Å². The summed E-state index contributed by atoms with van der Waals surface area (Å²) in [5.41, 5.74) is 3.13. The zero-order valence-corrected chi connectivity index (χ0v) is 16.7. The predicted molar refractivity (Wildman–Crippen MR) is 113 cm³/mol. The Balaban J connectivity index is 1.64. The fourth-order valence-corrected chi connectivity index (χ4v) is 3.53. The molecule has 0 aliphatic carbocycles. The molecule has 27 heavy (non-hydrogen) atoms. The van der Waals surface area contributed by atoms with Crippen LogP contribution in [0.3, 0.4) is 0 Å². The number of likely N-dealkylation sites (tertiary alicyclic amines) is 1. The highest BCUT2D eigenvalue weighted by molar-refractivity contribution is 6.30. The van der Waals surface area contributed by atoms with Gasteiger partial charge in [0.2, 0.25) is 0 Å². The first-order valence-corrected chi connectivity index (χ1v) is 9.72. The van der Waals surface area contributed by atoms with Crippen LogP contribution in [0.4, 0.5) is 16.2 Å². The average molecular weight is 387 g/mol. The number of carbonyl (C=O) groups is 1. The lowest BCUT2D eigenvalue weighted by molar-refractivity contribution is 0.227. The van der Waals surface area contributed by atoms with Crippen LogP contribution in [-0.2, 0) is 0 Å². The first-order valence-electron chi connectivity index (χ1n) is 9.35. The van der Waals surface area contributed by atoms with Gasteiger partial charge in [0.05, 0.1) is 6.04 Å². The van der Waals surface area contributed by atoms with Crippen molar-refractivity contribution in [1.82, 2.24) is 10.2 Å². The number of amides is 2. The van der Waals surface area contributed by atoms with Crippen molar-refractivity contribution in [2.75, 3.05) is 43.9 Å². The molecule has 2 amide bonds. The highest BCUT2D eigenvalue weighted by Gasteiger charge is 2.24. The fourth-order valence-electron chi connectivity index (χ4n) is 3.40. The lowest BCUT2D eigenvalue weighted by Crippen LogP contribution is -2.38. The van der Waals surface area contributed by atoms with Crippen molar-refractivity contribution in [3.63, 3.8) is 0 Å². The van der Waals surface area contributed by atoms with E-state index in [1.54, 1.807) is 24.3 Å². The van der Waals surface area contributed by atoms with Crippen LogP contribution in [0.5, 0.6) is 0 Å². The Bertz CT molecular complexity index is 740. The molecule has 2 N–H and O–H groups in total. The van der Waals surface area contributed by atoms with Crippen molar-refractivity contribution in [2.45, 2.75) is 18.9 Å². The van der Waals surface area contributed by atoms with Crippen molar-refractivity contribution < 1.29 is 4.79 Å². The minimum atomic E-state index is -0.202. The summed E-state index contributed by atoms with van der Waals surface area (Å²) in [5, 5.41) is 6.53. The van der Waals surface area contributed by atoms with Crippen LogP contribution in [0, 0.1) is 0 Å². The van der Waals surface area contributed by atoms with Crippen molar-refractivity contribution in [1.29, 1.82) is 0 Å². The number of carbonyl (C=O) groups excluding carboxylic acids is 1. The van der Waals surface area contributed by atoms with Gasteiger partial charge in [0.1, 0.15) is 0 Å². The summed E-state index contributed by atoms with van der Waals surface area (Å²) in [4.78, 5) is 16.9. The van der Waals surface area contributed by atoms with Crippen LogP contribution < -0.4 is 15.5 Å². The molecular weight excluding hydrogens is 360 g/mol. The molecule has 2 aromatic rings. The Labute approximate surface area is 166 Å². The van der Waals surface area contributed by atoms with E-state index in [1.165, 1.54) is 24.1 Å². The second kappa shape index (κ2) is 9.11. The summed E-state index contributed by atoms with van der Waals surface area (Å²) in [6.45, 7) is 2.71. The van der Waals surface area contributed by atoms with E-state index in [-0.39, 0.29) is 12.1 Å². The third-order valence-corrected chi connectivity index (χ3v) is 5.19. The van der Waals surface area contributed by atoms with E-state index < -0.39 is 0 Å². The van der Waals surface area contributed by atoms with E-state index in [4.69, 9.17) is 11.6 Å². The maximum atomic E-state index is 12.3. The number of urea groups is 1. The van der Waals surface area contributed by atoms with Crippen LogP contribution in [0.25, 0.3) is 0 Å². The molecule has 2 aromatic carbocycles. The Kier molecular flexibility index (Phi) is 6.58. The number of nitrogens with one attached hydrogen (secondary N) is 2. The van der Waals surface area contributed by atoms with Crippen molar-refractivity contribution in [3.8, 4) is 0 Å². The normalized spacial score (nSPS) is 15.4. The monoisotopic (exact) mass is 386 g/mol. The Morgan fingerprint density at radius 3 is 2.30 bits per heavy atom. The quantitative estimate of drug-likeness (QED) is 0.775. The molecule has 0 aromatic heterocycles. The van der Waals surface area contributed by atoms with E-state index in [9.17, 15) is 4.79 Å². The summed E-state index contributed by atoms with van der Waals surface area (Å²) in [6.07, 6.45) is 2.42. The summed E-state index contributed by atoms with van der Waals surface area (Å²) < 4.78 is 0. The second-order valence-electron chi connectivity index (χ2n) is 7.09. The maximum Gasteiger partial charge on any atom is 0.319 e. The minimum absolute atomic E-state index is 0.180.